The van der Waals surface area contributed by atoms with Crippen LogP contribution in [0.25, 0.3) is 0 Å². The third-order valence-corrected chi connectivity index (χ3v) is 4.61. The van der Waals surface area contributed by atoms with Crippen molar-refractivity contribution in [1.29, 1.82) is 0 Å². The molecule has 15 heavy (non-hydrogen) atoms. The molecule has 2 aliphatic rings. The summed E-state index contributed by atoms with van der Waals surface area (Å²) in [5.74, 6) is 0.126. The Morgan fingerprint density at radius 2 is 1.87 bits per heavy atom. The van der Waals surface area contributed by atoms with Gasteiger partial charge < -0.3 is 4.74 Å². The first-order valence-electron chi connectivity index (χ1n) is 5.46. The number of nitrogens with zero attached hydrogens (tertiary/aromatic N) is 2. The van der Waals surface area contributed by atoms with Gasteiger partial charge in [-0.1, -0.05) is 6.42 Å². The lowest BCUT2D eigenvalue weighted by atomic mass is 10.1. The molecule has 0 radical (unpaired) electrons. The van der Waals surface area contributed by atoms with E-state index in [1.54, 1.807) is 0 Å². The lowest BCUT2D eigenvalue weighted by Crippen LogP contribution is -2.48. The third-order valence-electron chi connectivity index (χ3n) is 2.92. The largest absolute Gasteiger partial charge is 0.364 e. The van der Waals surface area contributed by atoms with Crippen LogP contribution in [0, 0.1) is 0 Å². The van der Waals surface area contributed by atoms with Gasteiger partial charge in [0, 0.05) is 0 Å². The molecule has 0 aromatic heterocycles. The van der Waals surface area contributed by atoms with Gasteiger partial charge in [0.05, 0.1) is 19.0 Å². The topological polar surface area (TPSA) is 49.9 Å². The minimum atomic E-state index is -3.06. The number of likely N-dealkylation sites (tertiary alicyclic amines) is 1. The predicted octanol–water partition coefficient (Wildman–Crippen LogP) is 0.0493. The highest BCUT2D eigenvalue weighted by Crippen LogP contribution is 2.13. The van der Waals surface area contributed by atoms with E-state index in [1.807, 2.05) is 0 Å². The quantitative estimate of drug-likeness (QED) is 0.677. The Kier molecular flexibility index (Phi) is 3.60. The van der Waals surface area contributed by atoms with E-state index in [-0.39, 0.29) is 12.5 Å². The summed E-state index contributed by atoms with van der Waals surface area (Å²) in [6.45, 7) is 3.07. The molecule has 0 amide bonds. The first kappa shape index (κ1) is 11.3. The Hall–Kier alpha value is -0.170. The van der Waals surface area contributed by atoms with Crippen LogP contribution in [-0.4, -0.2) is 56.5 Å². The van der Waals surface area contributed by atoms with E-state index >= 15 is 0 Å². The summed E-state index contributed by atoms with van der Waals surface area (Å²) in [7, 11) is -3.06. The van der Waals surface area contributed by atoms with Gasteiger partial charge in [0.1, 0.15) is 6.73 Å². The van der Waals surface area contributed by atoms with Gasteiger partial charge in [-0.3, -0.25) is 4.90 Å². The van der Waals surface area contributed by atoms with Crippen molar-refractivity contribution < 1.29 is 13.2 Å². The average molecular weight is 234 g/mol. The van der Waals surface area contributed by atoms with Crippen molar-refractivity contribution in [3.63, 3.8) is 0 Å². The van der Waals surface area contributed by atoms with Crippen LogP contribution in [0.15, 0.2) is 0 Å². The van der Waals surface area contributed by atoms with E-state index in [1.165, 1.54) is 23.6 Å². The van der Waals surface area contributed by atoms with Gasteiger partial charge in [0.2, 0.25) is 10.0 Å². The van der Waals surface area contributed by atoms with Crippen LogP contribution in [0.1, 0.15) is 19.3 Å². The summed E-state index contributed by atoms with van der Waals surface area (Å²) in [6.07, 6.45) is 3.61. The number of piperidine rings is 1. The molecule has 0 aliphatic carbocycles. The minimum absolute atomic E-state index is 0.126. The van der Waals surface area contributed by atoms with E-state index < -0.39 is 10.0 Å². The zero-order valence-electron chi connectivity index (χ0n) is 8.89. The first-order valence-corrected chi connectivity index (χ1v) is 7.07. The molecule has 2 fully saturated rings. The summed E-state index contributed by atoms with van der Waals surface area (Å²) >= 11 is 0. The highest BCUT2D eigenvalue weighted by molar-refractivity contribution is 7.89. The van der Waals surface area contributed by atoms with E-state index in [9.17, 15) is 8.42 Å². The fourth-order valence-electron chi connectivity index (χ4n) is 1.99. The molecule has 88 valence electrons. The van der Waals surface area contributed by atoms with Crippen LogP contribution in [0.5, 0.6) is 0 Å². The van der Waals surface area contributed by atoms with Crippen molar-refractivity contribution in [2.24, 2.45) is 0 Å². The summed E-state index contributed by atoms with van der Waals surface area (Å²) < 4.78 is 30.0. The van der Waals surface area contributed by atoms with Crippen LogP contribution < -0.4 is 0 Å². The van der Waals surface area contributed by atoms with Crippen molar-refractivity contribution >= 4 is 10.0 Å². The lowest BCUT2D eigenvalue weighted by molar-refractivity contribution is 0.0345. The molecule has 2 heterocycles. The standard InChI is InChI=1S/C9H18N2O3S/c12-15(13)7-6-14-9-11(15)8-10-4-2-1-3-5-10/h1-9H2. The molecular formula is C9H18N2O3S. The van der Waals surface area contributed by atoms with Crippen LogP contribution in [0.3, 0.4) is 0 Å². The van der Waals surface area contributed by atoms with Crippen LogP contribution in [0.2, 0.25) is 0 Å². The number of hydrogen-bond acceptors (Lipinski definition) is 4. The number of rotatable bonds is 2. The summed E-state index contributed by atoms with van der Waals surface area (Å²) in [5, 5.41) is 0. The van der Waals surface area contributed by atoms with Gasteiger partial charge in [-0.2, -0.15) is 4.31 Å². The molecule has 5 nitrogen and oxygen atoms in total. The van der Waals surface area contributed by atoms with Gasteiger partial charge in [-0.05, 0) is 25.9 Å². The van der Waals surface area contributed by atoms with Crippen molar-refractivity contribution in [3.05, 3.63) is 0 Å². The van der Waals surface area contributed by atoms with Crippen LogP contribution >= 0.6 is 0 Å². The Bertz CT molecular complexity index is 298. The zero-order valence-corrected chi connectivity index (χ0v) is 9.71. The second-order valence-corrected chi connectivity index (χ2v) is 6.21. The fourth-order valence-corrected chi connectivity index (χ4v) is 3.15. The molecule has 0 unspecified atom stereocenters. The maximum Gasteiger partial charge on any atom is 0.219 e. The SMILES string of the molecule is O=S1(=O)CCOCN1CN1CCCCC1. The average Bonchev–Trinajstić information content (AvgIpc) is 2.23. The normalized spacial score (nSPS) is 29.1. The van der Waals surface area contributed by atoms with Gasteiger partial charge in [-0.15, -0.1) is 0 Å². The van der Waals surface area contributed by atoms with Crippen molar-refractivity contribution in [2.45, 2.75) is 19.3 Å². The maximum atomic E-state index is 11.7. The second kappa shape index (κ2) is 4.78. The molecule has 2 aliphatic heterocycles. The number of sulfonamides is 1. The first-order chi connectivity index (χ1) is 7.18. The van der Waals surface area contributed by atoms with E-state index in [4.69, 9.17) is 4.74 Å². The molecule has 0 bridgehead atoms. The Morgan fingerprint density at radius 1 is 1.13 bits per heavy atom. The lowest BCUT2D eigenvalue weighted by Gasteiger charge is -2.33. The molecule has 0 aromatic carbocycles. The predicted molar refractivity (Wildman–Crippen MR) is 56.7 cm³/mol. The molecule has 0 saturated carbocycles. The molecule has 0 atom stereocenters. The van der Waals surface area contributed by atoms with Crippen LogP contribution in [-0.2, 0) is 14.8 Å². The third kappa shape index (κ3) is 2.90. The maximum absolute atomic E-state index is 11.7. The molecule has 0 N–H and O–H groups in total. The molecule has 2 saturated heterocycles. The smallest absolute Gasteiger partial charge is 0.219 e. The van der Waals surface area contributed by atoms with Crippen molar-refractivity contribution in [2.75, 3.05) is 38.8 Å². The van der Waals surface area contributed by atoms with E-state index in [0.717, 1.165) is 13.1 Å². The summed E-state index contributed by atoms with van der Waals surface area (Å²) in [6, 6.07) is 0. The molecule has 0 aromatic rings. The second-order valence-electron chi connectivity index (χ2n) is 4.13. The highest BCUT2D eigenvalue weighted by Gasteiger charge is 2.28. The summed E-state index contributed by atoms with van der Waals surface area (Å²) in [4.78, 5) is 2.19. The summed E-state index contributed by atoms with van der Waals surface area (Å²) in [5.41, 5.74) is 0. The highest BCUT2D eigenvalue weighted by atomic mass is 32.2. The Morgan fingerprint density at radius 3 is 2.53 bits per heavy atom. The van der Waals surface area contributed by atoms with Gasteiger partial charge >= 0.3 is 0 Å². The van der Waals surface area contributed by atoms with Crippen molar-refractivity contribution in [1.82, 2.24) is 9.21 Å². The Labute approximate surface area is 91.0 Å². The van der Waals surface area contributed by atoms with Gasteiger partial charge in [0.15, 0.2) is 0 Å². The molecular weight excluding hydrogens is 216 g/mol. The monoisotopic (exact) mass is 234 g/mol. The van der Waals surface area contributed by atoms with E-state index in [2.05, 4.69) is 4.90 Å². The minimum Gasteiger partial charge on any atom is -0.364 e. The van der Waals surface area contributed by atoms with Crippen molar-refractivity contribution in [3.8, 4) is 0 Å². The van der Waals surface area contributed by atoms with Crippen LogP contribution in [0.4, 0.5) is 0 Å². The number of ether oxygens (including phenoxy) is 1. The van der Waals surface area contributed by atoms with Gasteiger partial charge in [-0.25, -0.2) is 8.42 Å². The fraction of sp³-hybridized carbons (Fsp3) is 1.00. The van der Waals surface area contributed by atoms with Gasteiger partial charge in [0.25, 0.3) is 0 Å². The molecule has 2 rings (SSSR count). The molecule has 0 spiro atoms. The van der Waals surface area contributed by atoms with E-state index in [0.29, 0.717) is 13.3 Å². The number of hydrogen-bond donors (Lipinski definition) is 0. The Balaban J connectivity index is 1.91. The molecule has 6 heteroatoms. The zero-order chi connectivity index (χ0) is 10.7.